The monoisotopic (exact) mass is 259 g/mol. The third-order valence-electron chi connectivity index (χ3n) is 3.48. The van der Waals surface area contributed by atoms with E-state index in [1.165, 1.54) is 12.8 Å². The Morgan fingerprint density at radius 3 is 3.00 bits per heavy atom. The smallest absolute Gasteiger partial charge is 0.263 e. The molecule has 0 unspecified atom stereocenters. The lowest BCUT2D eigenvalue weighted by Crippen LogP contribution is -2.31. The first kappa shape index (κ1) is 12.2. The largest absolute Gasteiger partial charge is 0.321 e. The molecule has 2 aromatic rings. The number of nitrogens with one attached hydrogen (secondary N) is 1. The first-order valence-electron chi connectivity index (χ1n) is 6.67. The molecule has 1 N–H and O–H groups in total. The number of fused-ring (bicyclic) bond motifs is 1. The van der Waals surface area contributed by atoms with Crippen LogP contribution >= 0.6 is 0 Å². The van der Waals surface area contributed by atoms with Gasteiger partial charge >= 0.3 is 0 Å². The second-order valence-corrected chi connectivity index (χ2v) is 4.91. The normalized spacial score (nSPS) is 16.0. The summed E-state index contributed by atoms with van der Waals surface area (Å²) in [7, 11) is 0. The van der Waals surface area contributed by atoms with Crippen LogP contribution < -0.4 is 5.48 Å². The minimum atomic E-state index is -0.143. The van der Waals surface area contributed by atoms with E-state index in [-0.39, 0.29) is 18.6 Å². The van der Waals surface area contributed by atoms with Crippen molar-refractivity contribution < 1.29 is 9.63 Å². The van der Waals surface area contributed by atoms with Gasteiger partial charge in [0.25, 0.3) is 5.91 Å². The van der Waals surface area contributed by atoms with Crippen molar-refractivity contribution in [2.24, 2.45) is 0 Å². The number of nitrogens with zero attached hydrogens (tertiary/aromatic N) is 2. The molecular formula is C14H17N3O2. The molecular weight excluding hydrogens is 242 g/mol. The molecule has 1 fully saturated rings. The van der Waals surface area contributed by atoms with Crippen molar-refractivity contribution in [1.29, 1.82) is 0 Å². The Morgan fingerprint density at radius 1 is 1.37 bits per heavy atom. The third kappa shape index (κ3) is 2.76. The lowest BCUT2D eigenvalue weighted by molar-refractivity contribution is -0.138. The number of hydrogen-bond acceptors (Lipinski definition) is 3. The van der Waals surface area contributed by atoms with Crippen LogP contribution in [0.1, 0.15) is 25.7 Å². The Hall–Kier alpha value is -1.88. The molecule has 5 nitrogen and oxygen atoms in total. The van der Waals surface area contributed by atoms with E-state index >= 15 is 0 Å². The summed E-state index contributed by atoms with van der Waals surface area (Å²) >= 11 is 0. The Bertz CT molecular complexity index is 573. The number of para-hydroxylation sites is 2. The summed E-state index contributed by atoms with van der Waals surface area (Å²) in [6.45, 7) is 0.229. The van der Waals surface area contributed by atoms with Crippen LogP contribution in [0.3, 0.4) is 0 Å². The van der Waals surface area contributed by atoms with E-state index in [2.05, 4.69) is 10.5 Å². The number of hydroxylamine groups is 1. The van der Waals surface area contributed by atoms with Gasteiger partial charge in [0, 0.05) is 0 Å². The van der Waals surface area contributed by atoms with E-state index in [0.29, 0.717) is 0 Å². The zero-order chi connectivity index (χ0) is 13.1. The van der Waals surface area contributed by atoms with Gasteiger partial charge in [-0.15, -0.1) is 0 Å². The van der Waals surface area contributed by atoms with Crippen LogP contribution in [0, 0.1) is 0 Å². The maximum atomic E-state index is 11.8. The van der Waals surface area contributed by atoms with Crippen LogP contribution in [0.25, 0.3) is 11.0 Å². The summed E-state index contributed by atoms with van der Waals surface area (Å²) in [6, 6.07) is 7.75. The zero-order valence-electron chi connectivity index (χ0n) is 10.7. The molecule has 1 aromatic heterocycles. The highest BCUT2D eigenvalue weighted by Crippen LogP contribution is 2.19. The van der Waals surface area contributed by atoms with Crippen LogP contribution in [-0.2, 0) is 16.2 Å². The Labute approximate surface area is 111 Å². The molecule has 1 heterocycles. The SMILES string of the molecule is O=C(Cn1cnc2ccccc21)NOC1CCCC1. The molecule has 1 amide bonds. The Morgan fingerprint density at radius 2 is 2.16 bits per heavy atom. The second kappa shape index (κ2) is 5.40. The summed E-state index contributed by atoms with van der Waals surface area (Å²) < 4.78 is 1.82. The van der Waals surface area contributed by atoms with Gasteiger partial charge in [-0.1, -0.05) is 25.0 Å². The average Bonchev–Trinajstić information content (AvgIpc) is 3.07. The number of aromatic nitrogens is 2. The maximum Gasteiger partial charge on any atom is 0.263 e. The molecule has 1 saturated carbocycles. The fourth-order valence-electron chi connectivity index (χ4n) is 2.48. The van der Waals surface area contributed by atoms with E-state index in [4.69, 9.17) is 4.84 Å². The first-order chi connectivity index (χ1) is 9.33. The number of carbonyl (C=O) groups is 1. The number of carbonyl (C=O) groups excluding carboxylic acids is 1. The van der Waals surface area contributed by atoms with E-state index in [1.54, 1.807) is 6.33 Å². The minimum absolute atomic E-state index is 0.143. The molecule has 1 aliphatic carbocycles. The zero-order valence-corrected chi connectivity index (χ0v) is 10.7. The van der Waals surface area contributed by atoms with Gasteiger partial charge in [-0.25, -0.2) is 10.5 Å². The van der Waals surface area contributed by atoms with E-state index in [0.717, 1.165) is 23.9 Å². The van der Waals surface area contributed by atoms with Crippen molar-refractivity contribution in [1.82, 2.24) is 15.0 Å². The highest BCUT2D eigenvalue weighted by molar-refractivity contribution is 5.79. The van der Waals surface area contributed by atoms with E-state index < -0.39 is 0 Å². The van der Waals surface area contributed by atoms with Crippen LogP contribution in [0.2, 0.25) is 0 Å². The van der Waals surface area contributed by atoms with Gasteiger partial charge in [0.15, 0.2) is 0 Å². The molecule has 0 atom stereocenters. The van der Waals surface area contributed by atoms with Crippen molar-refractivity contribution >= 4 is 16.9 Å². The van der Waals surface area contributed by atoms with Gasteiger partial charge in [-0.3, -0.25) is 9.63 Å². The summed E-state index contributed by atoms with van der Waals surface area (Å²) in [4.78, 5) is 21.5. The standard InChI is InChI=1S/C14H17N3O2/c18-14(16-19-11-5-1-2-6-11)9-17-10-15-12-7-3-4-8-13(12)17/h3-4,7-8,10-11H,1-2,5-6,9H2,(H,16,18). The van der Waals surface area contributed by atoms with Crippen LogP contribution in [0.15, 0.2) is 30.6 Å². The molecule has 0 saturated heterocycles. The Balaban J connectivity index is 1.59. The molecule has 3 rings (SSSR count). The summed E-state index contributed by atoms with van der Waals surface area (Å²) in [6.07, 6.45) is 6.31. The lowest BCUT2D eigenvalue weighted by atomic mass is 10.3. The van der Waals surface area contributed by atoms with E-state index in [9.17, 15) is 4.79 Å². The Kier molecular flexibility index (Phi) is 3.46. The molecule has 0 aliphatic heterocycles. The van der Waals surface area contributed by atoms with Gasteiger partial charge in [-0.2, -0.15) is 0 Å². The quantitative estimate of drug-likeness (QED) is 0.855. The highest BCUT2D eigenvalue weighted by atomic mass is 16.7. The molecule has 5 heteroatoms. The fourth-order valence-corrected chi connectivity index (χ4v) is 2.48. The van der Waals surface area contributed by atoms with Crippen molar-refractivity contribution in [3.05, 3.63) is 30.6 Å². The number of amides is 1. The molecule has 0 bridgehead atoms. The predicted octanol–water partition coefficient (Wildman–Crippen LogP) is 2.03. The van der Waals surface area contributed by atoms with Crippen molar-refractivity contribution in [3.8, 4) is 0 Å². The highest BCUT2D eigenvalue weighted by Gasteiger charge is 2.17. The molecule has 100 valence electrons. The number of benzene rings is 1. The van der Waals surface area contributed by atoms with Gasteiger partial charge in [0.05, 0.1) is 23.5 Å². The predicted molar refractivity (Wildman–Crippen MR) is 71.2 cm³/mol. The van der Waals surface area contributed by atoms with Crippen LogP contribution in [0.5, 0.6) is 0 Å². The maximum absolute atomic E-state index is 11.8. The molecule has 1 aromatic carbocycles. The van der Waals surface area contributed by atoms with Crippen LogP contribution in [0.4, 0.5) is 0 Å². The van der Waals surface area contributed by atoms with Crippen LogP contribution in [-0.4, -0.2) is 21.6 Å². The van der Waals surface area contributed by atoms with Gasteiger partial charge in [-0.05, 0) is 25.0 Å². The number of rotatable bonds is 4. The average molecular weight is 259 g/mol. The van der Waals surface area contributed by atoms with Gasteiger partial charge in [0.1, 0.15) is 6.54 Å². The van der Waals surface area contributed by atoms with Crippen molar-refractivity contribution in [3.63, 3.8) is 0 Å². The topological polar surface area (TPSA) is 56.2 Å². The molecule has 1 aliphatic rings. The minimum Gasteiger partial charge on any atom is -0.321 e. The van der Waals surface area contributed by atoms with Crippen molar-refractivity contribution in [2.45, 2.75) is 38.3 Å². The van der Waals surface area contributed by atoms with Gasteiger partial charge in [0.2, 0.25) is 0 Å². The number of imidazole rings is 1. The first-order valence-corrected chi connectivity index (χ1v) is 6.67. The molecule has 19 heavy (non-hydrogen) atoms. The lowest BCUT2D eigenvalue weighted by Gasteiger charge is -2.11. The third-order valence-corrected chi connectivity index (χ3v) is 3.48. The summed E-state index contributed by atoms with van der Waals surface area (Å²) in [5.74, 6) is -0.143. The number of hydrogen-bond donors (Lipinski definition) is 1. The molecule has 0 radical (unpaired) electrons. The second-order valence-electron chi connectivity index (χ2n) is 4.91. The van der Waals surface area contributed by atoms with Gasteiger partial charge < -0.3 is 4.57 Å². The van der Waals surface area contributed by atoms with Crippen molar-refractivity contribution in [2.75, 3.05) is 0 Å². The summed E-state index contributed by atoms with van der Waals surface area (Å²) in [5, 5.41) is 0. The molecule has 0 spiro atoms. The summed E-state index contributed by atoms with van der Waals surface area (Å²) in [5.41, 5.74) is 4.39. The fraction of sp³-hybridized carbons (Fsp3) is 0.429. The van der Waals surface area contributed by atoms with E-state index in [1.807, 2.05) is 28.8 Å².